The van der Waals surface area contributed by atoms with Crippen LogP contribution in [-0.4, -0.2) is 11.2 Å². The fourth-order valence-electron chi connectivity index (χ4n) is 1.91. The lowest BCUT2D eigenvalue weighted by molar-refractivity contribution is 0.169. The van der Waals surface area contributed by atoms with Gasteiger partial charge in [-0.15, -0.1) is 0 Å². The number of hydrogen-bond donors (Lipinski definition) is 1. The van der Waals surface area contributed by atoms with E-state index in [2.05, 4.69) is 0 Å². The molecule has 0 unspecified atom stereocenters. The van der Waals surface area contributed by atoms with E-state index < -0.39 is 0 Å². The van der Waals surface area contributed by atoms with Gasteiger partial charge in [-0.25, -0.2) is 0 Å². The summed E-state index contributed by atoms with van der Waals surface area (Å²) in [5.74, 6) is 0.786. The first kappa shape index (κ1) is 10.3. The van der Waals surface area contributed by atoms with E-state index in [1.807, 2.05) is 19.1 Å². The van der Waals surface area contributed by atoms with Gasteiger partial charge >= 0.3 is 0 Å². The standard InChI is InChI=1S/C11H12Cl2O/c1-6(14)9-5-10(9)8-3-2-7(12)4-11(8)13/h2-4,6,9-10,14H,5H2,1H3/t6-,9+,10+/m0/s1. The highest BCUT2D eigenvalue weighted by atomic mass is 35.5. The molecule has 2 rings (SSSR count). The van der Waals surface area contributed by atoms with Gasteiger partial charge in [-0.1, -0.05) is 29.3 Å². The molecule has 0 spiro atoms. The lowest BCUT2D eigenvalue weighted by atomic mass is 10.1. The van der Waals surface area contributed by atoms with Crippen molar-refractivity contribution in [1.29, 1.82) is 0 Å². The number of halogens is 2. The molecule has 0 amide bonds. The third kappa shape index (κ3) is 1.90. The zero-order chi connectivity index (χ0) is 10.3. The molecule has 0 heterocycles. The van der Waals surface area contributed by atoms with E-state index >= 15 is 0 Å². The molecule has 1 aromatic carbocycles. The summed E-state index contributed by atoms with van der Waals surface area (Å²) in [6.07, 6.45) is 0.783. The van der Waals surface area contributed by atoms with Crippen molar-refractivity contribution in [3.05, 3.63) is 33.8 Å². The van der Waals surface area contributed by atoms with E-state index in [-0.39, 0.29) is 6.10 Å². The Labute approximate surface area is 93.7 Å². The molecule has 76 valence electrons. The van der Waals surface area contributed by atoms with Crippen LogP contribution in [0.2, 0.25) is 10.0 Å². The van der Waals surface area contributed by atoms with Gasteiger partial charge in [0.2, 0.25) is 0 Å². The average molecular weight is 231 g/mol. The Bertz CT molecular complexity index is 349. The first-order valence-electron chi connectivity index (χ1n) is 4.72. The largest absolute Gasteiger partial charge is 0.393 e. The maximum absolute atomic E-state index is 9.40. The van der Waals surface area contributed by atoms with Gasteiger partial charge in [0.25, 0.3) is 0 Å². The van der Waals surface area contributed by atoms with Crippen LogP contribution in [0.1, 0.15) is 24.8 Å². The van der Waals surface area contributed by atoms with Crippen molar-refractivity contribution in [1.82, 2.24) is 0 Å². The van der Waals surface area contributed by atoms with Gasteiger partial charge in [-0.2, -0.15) is 0 Å². The highest BCUT2D eigenvalue weighted by molar-refractivity contribution is 6.35. The average Bonchev–Trinajstić information content (AvgIpc) is 2.83. The van der Waals surface area contributed by atoms with Gasteiger partial charge in [-0.3, -0.25) is 0 Å². The number of benzene rings is 1. The Balaban J connectivity index is 2.19. The monoisotopic (exact) mass is 230 g/mol. The Morgan fingerprint density at radius 3 is 2.64 bits per heavy atom. The van der Waals surface area contributed by atoms with Crippen LogP contribution < -0.4 is 0 Å². The predicted octanol–water partition coefficient (Wildman–Crippen LogP) is 3.48. The molecule has 0 bridgehead atoms. The zero-order valence-corrected chi connectivity index (χ0v) is 9.39. The SMILES string of the molecule is C[C@H](O)[C@H]1C[C@@H]1c1ccc(Cl)cc1Cl. The molecule has 14 heavy (non-hydrogen) atoms. The summed E-state index contributed by atoms with van der Waals surface area (Å²) in [5, 5.41) is 10.8. The van der Waals surface area contributed by atoms with Crippen LogP contribution >= 0.6 is 23.2 Å². The van der Waals surface area contributed by atoms with E-state index in [0.29, 0.717) is 21.9 Å². The van der Waals surface area contributed by atoms with Crippen LogP contribution in [-0.2, 0) is 0 Å². The van der Waals surface area contributed by atoms with Crippen molar-refractivity contribution in [3.8, 4) is 0 Å². The van der Waals surface area contributed by atoms with Crippen molar-refractivity contribution in [2.75, 3.05) is 0 Å². The maximum atomic E-state index is 9.40. The zero-order valence-electron chi connectivity index (χ0n) is 7.87. The van der Waals surface area contributed by atoms with E-state index in [0.717, 1.165) is 12.0 Å². The molecule has 3 heteroatoms. The number of hydrogen-bond acceptors (Lipinski definition) is 1. The second-order valence-electron chi connectivity index (χ2n) is 3.91. The number of aliphatic hydroxyl groups excluding tert-OH is 1. The molecule has 0 radical (unpaired) electrons. The lowest BCUT2D eigenvalue weighted by Gasteiger charge is -2.05. The summed E-state index contributed by atoms with van der Waals surface area (Å²) >= 11 is 11.9. The summed E-state index contributed by atoms with van der Waals surface area (Å²) in [7, 11) is 0. The summed E-state index contributed by atoms with van der Waals surface area (Å²) in [5.41, 5.74) is 1.11. The molecule has 1 N–H and O–H groups in total. The molecular weight excluding hydrogens is 219 g/mol. The van der Waals surface area contributed by atoms with Crippen LogP contribution in [0, 0.1) is 5.92 Å². The van der Waals surface area contributed by atoms with Crippen LogP contribution in [0.3, 0.4) is 0 Å². The van der Waals surface area contributed by atoms with Gasteiger partial charge in [0.1, 0.15) is 0 Å². The quantitative estimate of drug-likeness (QED) is 0.826. The Morgan fingerprint density at radius 1 is 1.43 bits per heavy atom. The van der Waals surface area contributed by atoms with Crippen molar-refractivity contribution in [3.63, 3.8) is 0 Å². The van der Waals surface area contributed by atoms with Gasteiger partial charge in [-0.05, 0) is 42.9 Å². The minimum Gasteiger partial charge on any atom is -0.393 e. The Kier molecular flexibility index (Phi) is 2.74. The second-order valence-corrected chi connectivity index (χ2v) is 4.76. The molecule has 1 nitrogen and oxygen atoms in total. The fraction of sp³-hybridized carbons (Fsp3) is 0.455. The molecule has 1 fully saturated rings. The number of aliphatic hydroxyl groups is 1. The smallest absolute Gasteiger partial charge is 0.0546 e. The maximum Gasteiger partial charge on any atom is 0.0546 e. The molecule has 0 aromatic heterocycles. The summed E-state index contributed by atoms with van der Waals surface area (Å²) in [6, 6.07) is 5.56. The van der Waals surface area contributed by atoms with E-state index in [4.69, 9.17) is 23.2 Å². The normalized spacial score (nSPS) is 27.4. The molecule has 3 atom stereocenters. The van der Waals surface area contributed by atoms with Gasteiger partial charge in [0.15, 0.2) is 0 Å². The van der Waals surface area contributed by atoms with Crippen molar-refractivity contribution < 1.29 is 5.11 Å². The molecule has 0 saturated heterocycles. The van der Waals surface area contributed by atoms with Crippen LogP contribution in [0.25, 0.3) is 0 Å². The van der Waals surface area contributed by atoms with Gasteiger partial charge in [0, 0.05) is 10.0 Å². The molecule has 1 aromatic rings. The topological polar surface area (TPSA) is 20.2 Å². The minimum atomic E-state index is -0.244. The van der Waals surface area contributed by atoms with Crippen LogP contribution in [0.4, 0.5) is 0 Å². The Morgan fingerprint density at radius 2 is 2.14 bits per heavy atom. The third-order valence-corrected chi connectivity index (χ3v) is 3.38. The number of rotatable bonds is 2. The van der Waals surface area contributed by atoms with E-state index in [1.54, 1.807) is 6.07 Å². The molecule has 0 aliphatic heterocycles. The highest BCUT2D eigenvalue weighted by Gasteiger charge is 2.42. The fourth-order valence-corrected chi connectivity index (χ4v) is 2.46. The summed E-state index contributed by atoms with van der Waals surface area (Å²) in [4.78, 5) is 0. The summed E-state index contributed by atoms with van der Waals surface area (Å²) < 4.78 is 0. The summed E-state index contributed by atoms with van der Waals surface area (Å²) in [6.45, 7) is 1.83. The highest BCUT2D eigenvalue weighted by Crippen LogP contribution is 2.51. The van der Waals surface area contributed by atoms with Crippen molar-refractivity contribution >= 4 is 23.2 Å². The predicted molar refractivity (Wildman–Crippen MR) is 59.0 cm³/mol. The van der Waals surface area contributed by atoms with Crippen LogP contribution in [0.5, 0.6) is 0 Å². The minimum absolute atomic E-state index is 0.244. The second kappa shape index (κ2) is 3.73. The lowest BCUT2D eigenvalue weighted by Crippen LogP contribution is -2.03. The van der Waals surface area contributed by atoms with E-state index in [1.165, 1.54) is 0 Å². The Hall–Kier alpha value is -0.240. The molecular formula is C11H12Cl2O. The van der Waals surface area contributed by atoms with Crippen molar-refractivity contribution in [2.45, 2.75) is 25.4 Å². The first-order chi connectivity index (χ1) is 6.59. The van der Waals surface area contributed by atoms with Gasteiger partial charge < -0.3 is 5.11 Å². The van der Waals surface area contributed by atoms with E-state index in [9.17, 15) is 5.11 Å². The van der Waals surface area contributed by atoms with Crippen LogP contribution in [0.15, 0.2) is 18.2 Å². The first-order valence-corrected chi connectivity index (χ1v) is 5.48. The molecule has 1 aliphatic rings. The van der Waals surface area contributed by atoms with Gasteiger partial charge in [0.05, 0.1) is 6.10 Å². The van der Waals surface area contributed by atoms with Crippen molar-refractivity contribution in [2.24, 2.45) is 5.92 Å². The third-order valence-electron chi connectivity index (χ3n) is 2.82. The molecule has 1 saturated carbocycles. The molecule has 1 aliphatic carbocycles.